The van der Waals surface area contributed by atoms with E-state index < -0.39 is 0 Å². The molecular weight excluding hydrogens is 446 g/mol. The first kappa shape index (κ1) is 22.8. The molecule has 0 fully saturated rings. The first-order valence-electron chi connectivity index (χ1n) is 11.7. The first-order chi connectivity index (χ1) is 17.8. The van der Waals surface area contributed by atoms with Gasteiger partial charge in [0.25, 0.3) is 5.91 Å². The van der Waals surface area contributed by atoms with E-state index in [0.29, 0.717) is 5.56 Å². The van der Waals surface area contributed by atoms with Crippen molar-refractivity contribution in [2.75, 3.05) is 5.01 Å². The number of anilines is 1. The molecule has 0 saturated carbocycles. The van der Waals surface area contributed by atoms with Gasteiger partial charge in [-0.1, -0.05) is 78.9 Å². The Morgan fingerprint density at radius 1 is 0.833 bits per heavy atom. The lowest BCUT2D eigenvalue weighted by Gasteiger charge is -2.27. The molecule has 5 rings (SSSR count). The van der Waals surface area contributed by atoms with Gasteiger partial charge in [-0.3, -0.25) is 20.2 Å². The number of carbonyl (C=O) groups is 1. The number of amides is 1. The number of hydrazine groups is 1. The fourth-order valence-corrected chi connectivity index (χ4v) is 3.91. The van der Waals surface area contributed by atoms with Crippen molar-refractivity contribution in [2.24, 2.45) is 5.10 Å². The van der Waals surface area contributed by atoms with Crippen LogP contribution >= 0.6 is 0 Å². The molecule has 0 saturated heterocycles. The number of benzene rings is 3. The number of carbonyl (C=O) groups excluding carboxylic acids is 1. The van der Waals surface area contributed by atoms with Crippen LogP contribution in [0.15, 0.2) is 132 Å². The fraction of sp³-hybridized carbons (Fsp3) is 0.0333. The van der Waals surface area contributed by atoms with Crippen LogP contribution < -0.4 is 15.9 Å². The number of hydrogen-bond acceptors (Lipinski definition) is 5. The molecule has 2 N–H and O–H groups in total. The second-order valence-corrected chi connectivity index (χ2v) is 8.23. The van der Waals surface area contributed by atoms with Crippen molar-refractivity contribution in [1.82, 2.24) is 15.8 Å². The summed E-state index contributed by atoms with van der Waals surface area (Å²) in [6.07, 6.45) is 11.2. The quantitative estimate of drug-likeness (QED) is 0.276. The molecule has 6 nitrogen and oxygen atoms in total. The van der Waals surface area contributed by atoms with E-state index in [1.807, 2.05) is 48.5 Å². The van der Waals surface area contributed by atoms with Gasteiger partial charge in [-0.15, -0.1) is 0 Å². The average Bonchev–Trinajstić information content (AvgIpc) is 3.38. The lowest BCUT2D eigenvalue weighted by Crippen LogP contribution is -2.34. The van der Waals surface area contributed by atoms with Gasteiger partial charge in [0.15, 0.2) is 0 Å². The largest absolute Gasteiger partial charge is 0.298 e. The van der Waals surface area contributed by atoms with Crippen molar-refractivity contribution in [2.45, 2.75) is 6.04 Å². The highest BCUT2D eigenvalue weighted by molar-refractivity contribution is 5.94. The molecule has 6 heteroatoms. The molecule has 0 spiro atoms. The van der Waals surface area contributed by atoms with Gasteiger partial charge in [0.05, 0.1) is 23.6 Å². The van der Waals surface area contributed by atoms with Gasteiger partial charge in [-0.05, 0) is 53.1 Å². The van der Waals surface area contributed by atoms with Crippen LogP contribution in [-0.4, -0.2) is 17.1 Å². The molecule has 1 amide bonds. The summed E-state index contributed by atoms with van der Waals surface area (Å²) in [5.41, 5.74) is 11.8. The van der Waals surface area contributed by atoms with Crippen molar-refractivity contribution in [1.29, 1.82) is 0 Å². The SMILES string of the molecule is O=C(NN=Cc1ccc(N2NC(C=Cc3ccccc3)=CC2c2ccccc2)cc1)c1ccncc1. The third-order valence-electron chi connectivity index (χ3n) is 5.75. The Kier molecular flexibility index (Phi) is 6.95. The summed E-state index contributed by atoms with van der Waals surface area (Å²) in [4.78, 5) is 16.0. The monoisotopic (exact) mass is 471 g/mol. The maximum absolute atomic E-state index is 12.1. The summed E-state index contributed by atoms with van der Waals surface area (Å²) >= 11 is 0. The smallest absolute Gasteiger partial charge is 0.271 e. The Morgan fingerprint density at radius 2 is 1.53 bits per heavy atom. The normalized spacial score (nSPS) is 15.2. The molecule has 3 aromatic carbocycles. The number of nitrogens with one attached hydrogen (secondary N) is 2. The number of hydrogen-bond donors (Lipinski definition) is 2. The molecule has 1 unspecified atom stereocenters. The van der Waals surface area contributed by atoms with Gasteiger partial charge in [-0.25, -0.2) is 5.43 Å². The first-order valence-corrected chi connectivity index (χ1v) is 11.7. The number of rotatable bonds is 7. The second-order valence-electron chi connectivity index (χ2n) is 8.23. The van der Waals surface area contributed by atoms with Gasteiger partial charge >= 0.3 is 0 Å². The van der Waals surface area contributed by atoms with E-state index in [2.05, 4.69) is 80.6 Å². The molecule has 176 valence electrons. The van der Waals surface area contributed by atoms with Crippen LogP contribution in [0.5, 0.6) is 0 Å². The topological polar surface area (TPSA) is 69.6 Å². The van der Waals surface area contributed by atoms with Crippen LogP contribution in [0.1, 0.15) is 33.1 Å². The van der Waals surface area contributed by atoms with E-state index >= 15 is 0 Å². The van der Waals surface area contributed by atoms with Crippen LogP contribution in [-0.2, 0) is 0 Å². The summed E-state index contributed by atoms with van der Waals surface area (Å²) in [7, 11) is 0. The highest BCUT2D eigenvalue weighted by Crippen LogP contribution is 2.32. The molecule has 0 aliphatic carbocycles. The molecule has 0 radical (unpaired) electrons. The van der Waals surface area contributed by atoms with E-state index in [9.17, 15) is 4.79 Å². The third-order valence-corrected chi connectivity index (χ3v) is 5.75. The molecule has 4 aromatic rings. The van der Waals surface area contributed by atoms with Crippen LogP contribution in [0, 0.1) is 0 Å². The molecule has 36 heavy (non-hydrogen) atoms. The summed E-state index contributed by atoms with van der Waals surface area (Å²) in [6.45, 7) is 0. The van der Waals surface area contributed by atoms with Crippen molar-refractivity contribution >= 4 is 23.9 Å². The zero-order valence-corrected chi connectivity index (χ0v) is 19.5. The van der Waals surface area contributed by atoms with E-state index in [1.54, 1.807) is 30.7 Å². The molecule has 1 atom stereocenters. The van der Waals surface area contributed by atoms with Crippen molar-refractivity contribution in [3.8, 4) is 0 Å². The lowest BCUT2D eigenvalue weighted by atomic mass is 10.1. The van der Waals surface area contributed by atoms with Crippen molar-refractivity contribution in [3.63, 3.8) is 0 Å². The molecule has 1 aromatic heterocycles. The molecule has 1 aliphatic heterocycles. The van der Waals surface area contributed by atoms with Crippen LogP contribution in [0.4, 0.5) is 5.69 Å². The number of nitrogens with zero attached hydrogens (tertiary/aromatic N) is 3. The third kappa shape index (κ3) is 5.56. The molecular formula is C30H25N5O. The average molecular weight is 472 g/mol. The minimum absolute atomic E-state index is 0.0424. The molecule has 0 bridgehead atoms. The summed E-state index contributed by atoms with van der Waals surface area (Å²) in [6, 6.07) is 32.0. The van der Waals surface area contributed by atoms with Gasteiger partial charge in [0.1, 0.15) is 0 Å². The van der Waals surface area contributed by atoms with Crippen LogP contribution in [0.3, 0.4) is 0 Å². The van der Waals surface area contributed by atoms with Crippen molar-refractivity contribution in [3.05, 3.63) is 150 Å². The number of hydrazone groups is 1. The zero-order chi connectivity index (χ0) is 24.6. The second kappa shape index (κ2) is 11.0. The maximum Gasteiger partial charge on any atom is 0.271 e. The number of allylic oxidation sites excluding steroid dienone is 1. The van der Waals surface area contributed by atoms with E-state index in [1.165, 1.54) is 5.56 Å². The predicted molar refractivity (Wildman–Crippen MR) is 144 cm³/mol. The maximum atomic E-state index is 12.1. The Hall–Kier alpha value is -4.97. The standard InChI is InChI=1S/C30H25N5O/c36-30(26-17-19-31-20-18-26)33-32-22-24-12-15-28(16-13-24)35-29(25-9-5-2-6-10-25)21-27(34-35)14-11-23-7-3-1-4-8-23/h1-22,29,34H,(H,33,36). The summed E-state index contributed by atoms with van der Waals surface area (Å²) in [5, 5.41) is 6.22. The summed E-state index contributed by atoms with van der Waals surface area (Å²) in [5.74, 6) is -0.278. The van der Waals surface area contributed by atoms with Gasteiger partial charge < -0.3 is 0 Å². The van der Waals surface area contributed by atoms with Crippen LogP contribution in [0.2, 0.25) is 0 Å². The van der Waals surface area contributed by atoms with Crippen LogP contribution in [0.25, 0.3) is 6.08 Å². The fourth-order valence-electron chi connectivity index (χ4n) is 3.91. The lowest BCUT2D eigenvalue weighted by molar-refractivity contribution is 0.0955. The van der Waals surface area contributed by atoms with E-state index in [0.717, 1.165) is 22.5 Å². The van der Waals surface area contributed by atoms with Crippen molar-refractivity contribution < 1.29 is 4.79 Å². The minimum atomic E-state index is -0.278. The van der Waals surface area contributed by atoms with E-state index in [4.69, 9.17) is 0 Å². The van der Waals surface area contributed by atoms with Gasteiger partial charge in [0, 0.05) is 18.0 Å². The van der Waals surface area contributed by atoms with E-state index in [-0.39, 0.29) is 11.9 Å². The molecule has 2 heterocycles. The highest BCUT2D eigenvalue weighted by Gasteiger charge is 2.25. The highest BCUT2D eigenvalue weighted by atomic mass is 16.2. The zero-order valence-electron chi connectivity index (χ0n) is 19.5. The molecule has 1 aliphatic rings. The Balaban J connectivity index is 1.30. The van der Waals surface area contributed by atoms with Gasteiger partial charge in [-0.2, -0.15) is 5.10 Å². The minimum Gasteiger partial charge on any atom is -0.298 e. The predicted octanol–water partition coefficient (Wildman–Crippen LogP) is 5.51. The summed E-state index contributed by atoms with van der Waals surface area (Å²) < 4.78 is 0. The number of aromatic nitrogens is 1. The number of pyridine rings is 1. The Morgan fingerprint density at radius 3 is 2.25 bits per heavy atom. The Labute approximate surface area is 210 Å². The Bertz CT molecular complexity index is 1380. The van der Waals surface area contributed by atoms with Gasteiger partial charge in [0.2, 0.25) is 0 Å².